The van der Waals surface area contributed by atoms with Crippen LogP contribution < -0.4 is 10.1 Å². The molecule has 31 heavy (non-hydrogen) atoms. The number of imidazole rings is 1. The SMILES string of the molecule is CC(C)(C)OC(=O)NCc1nc2ccc(-c3ccc(OCC(O)C(=O)O)cc3)cc2[nH]1. The summed E-state index contributed by atoms with van der Waals surface area (Å²) < 4.78 is 10.5. The number of aliphatic hydroxyl groups is 1. The Hall–Kier alpha value is -3.59. The summed E-state index contributed by atoms with van der Waals surface area (Å²) >= 11 is 0. The molecule has 9 nitrogen and oxygen atoms in total. The Morgan fingerprint density at radius 3 is 2.45 bits per heavy atom. The van der Waals surface area contributed by atoms with Crippen molar-refractivity contribution in [3.63, 3.8) is 0 Å². The number of aliphatic hydroxyl groups excluding tert-OH is 1. The van der Waals surface area contributed by atoms with Crippen LogP contribution in [0.2, 0.25) is 0 Å². The Bertz CT molecular complexity index is 1070. The molecular formula is C22H25N3O6. The Morgan fingerprint density at radius 2 is 1.81 bits per heavy atom. The molecule has 3 rings (SSSR count). The van der Waals surface area contributed by atoms with Gasteiger partial charge in [0, 0.05) is 0 Å². The molecule has 3 aromatic rings. The number of nitrogens with zero attached hydrogens (tertiary/aromatic N) is 1. The number of carbonyl (C=O) groups is 2. The molecular weight excluding hydrogens is 402 g/mol. The predicted molar refractivity (Wildman–Crippen MR) is 114 cm³/mol. The molecule has 0 radical (unpaired) electrons. The second kappa shape index (κ2) is 9.05. The van der Waals surface area contributed by atoms with Gasteiger partial charge in [-0.1, -0.05) is 18.2 Å². The monoisotopic (exact) mass is 427 g/mol. The average Bonchev–Trinajstić information content (AvgIpc) is 3.11. The molecule has 1 atom stereocenters. The van der Waals surface area contributed by atoms with E-state index in [1.807, 2.05) is 30.3 Å². The zero-order valence-electron chi connectivity index (χ0n) is 17.5. The molecule has 1 aromatic heterocycles. The van der Waals surface area contributed by atoms with Crippen molar-refractivity contribution in [3.8, 4) is 16.9 Å². The number of fused-ring (bicyclic) bond motifs is 1. The number of benzene rings is 2. The van der Waals surface area contributed by atoms with Crippen LogP contribution in [-0.2, 0) is 16.1 Å². The standard InChI is InChI=1S/C22H25N3O6/c1-22(2,3)31-21(29)23-11-19-24-16-9-6-14(10-17(16)25-19)13-4-7-15(8-5-13)30-12-18(26)20(27)28/h4-10,18,26H,11-12H2,1-3H3,(H,23,29)(H,24,25)(H,27,28). The van der Waals surface area contributed by atoms with Crippen LogP contribution in [0.4, 0.5) is 4.79 Å². The fraction of sp³-hybridized carbons (Fsp3) is 0.318. The minimum Gasteiger partial charge on any atom is -0.490 e. The summed E-state index contributed by atoms with van der Waals surface area (Å²) in [5.41, 5.74) is 2.90. The van der Waals surface area contributed by atoms with E-state index in [9.17, 15) is 14.7 Å². The number of carbonyl (C=O) groups excluding carboxylic acids is 1. The fourth-order valence-electron chi connectivity index (χ4n) is 2.79. The number of carboxylic acid groups (broad SMARTS) is 1. The summed E-state index contributed by atoms with van der Waals surface area (Å²) in [6, 6.07) is 12.8. The van der Waals surface area contributed by atoms with Gasteiger partial charge in [0.1, 0.15) is 23.8 Å². The number of hydrogen-bond acceptors (Lipinski definition) is 6. The molecule has 1 heterocycles. The first-order valence-corrected chi connectivity index (χ1v) is 9.70. The summed E-state index contributed by atoms with van der Waals surface area (Å²) in [6.45, 7) is 5.29. The summed E-state index contributed by atoms with van der Waals surface area (Å²) in [5.74, 6) is -0.258. The number of aliphatic carboxylic acids is 1. The highest BCUT2D eigenvalue weighted by Crippen LogP contribution is 2.25. The van der Waals surface area contributed by atoms with E-state index >= 15 is 0 Å². The molecule has 2 aromatic carbocycles. The minimum absolute atomic E-state index is 0.215. The molecule has 0 saturated carbocycles. The Balaban J connectivity index is 1.65. The molecule has 9 heteroatoms. The lowest BCUT2D eigenvalue weighted by molar-refractivity contribution is -0.148. The van der Waals surface area contributed by atoms with E-state index < -0.39 is 23.8 Å². The number of carboxylic acids is 1. The zero-order chi connectivity index (χ0) is 22.6. The molecule has 0 bridgehead atoms. The van der Waals surface area contributed by atoms with Crippen LogP contribution in [0.15, 0.2) is 42.5 Å². The molecule has 0 spiro atoms. The first-order valence-electron chi connectivity index (χ1n) is 9.70. The summed E-state index contributed by atoms with van der Waals surface area (Å²) in [4.78, 5) is 30.1. The van der Waals surface area contributed by atoms with E-state index in [2.05, 4.69) is 15.3 Å². The summed E-state index contributed by atoms with van der Waals surface area (Å²) in [7, 11) is 0. The van der Waals surface area contributed by atoms with E-state index in [0.29, 0.717) is 11.6 Å². The largest absolute Gasteiger partial charge is 0.490 e. The zero-order valence-corrected chi connectivity index (χ0v) is 17.5. The maximum Gasteiger partial charge on any atom is 0.408 e. The highest BCUT2D eigenvalue weighted by Gasteiger charge is 2.16. The van der Waals surface area contributed by atoms with Crippen molar-refractivity contribution in [2.24, 2.45) is 0 Å². The van der Waals surface area contributed by atoms with Crippen LogP contribution in [0.1, 0.15) is 26.6 Å². The van der Waals surface area contributed by atoms with E-state index in [1.54, 1.807) is 32.9 Å². The first-order chi connectivity index (χ1) is 14.6. The average molecular weight is 427 g/mol. The molecule has 0 aliphatic carbocycles. The summed E-state index contributed by atoms with van der Waals surface area (Å²) in [6.07, 6.45) is -2.08. The van der Waals surface area contributed by atoms with Gasteiger partial charge in [-0.2, -0.15) is 0 Å². The van der Waals surface area contributed by atoms with Crippen LogP contribution in [0.5, 0.6) is 5.75 Å². The van der Waals surface area contributed by atoms with E-state index in [-0.39, 0.29) is 13.2 Å². The number of H-pyrrole nitrogens is 1. The van der Waals surface area contributed by atoms with E-state index in [0.717, 1.165) is 22.2 Å². The van der Waals surface area contributed by atoms with Gasteiger partial charge in [0.25, 0.3) is 0 Å². The molecule has 0 fully saturated rings. The minimum atomic E-state index is -1.57. The van der Waals surface area contributed by atoms with E-state index in [4.69, 9.17) is 14.6 Å². The Labute approximate surface area is 179 Å². The van der Waals surface area contributed by atoms with Gasteiger partial charge < -0.3 is 30.0 Å². The number of nitrogens with one attached hydrogen (secondary N) is 2. The van der Waals surface area contributed by atoms with Gasteiger partial charge >= 0.3 is 12.1 Å². The lowest BCUT2D eigenvalue weighted by Crippen LogP contribution is -2.32. The van der Waals surface area contributed by atoms with Crippen molar-refractivity contribution in [3.05, 3.63) is 48.3 Å². The molecule has 1 unspecified atom stereocenters. The molecule has 0 saturated heterocycles. The van der Waals surface area contributed by atoms with Crippen LogP contribution in [0.3, 0.4) is 0 Å². The second-order valence-electron chi connectivity index (χ2n) is 7.96. The highest BCUT2D eigenvalue weighted by molar-refractivity contribution is 5.82. The lowest BCUT2D eigenvalue weighted by atomic mass is 10.1. The number of alkyl carbamates (subject to hydrolysis) is 1. The van der Waals surface area contributed by atoms with Crippen LogP contribution in [0, 0.1) is 0 Å². The van der Waals surface area contributed by atoms with Gasteiger partial charge in [0.05, 0.1) is 17.6 Å². The third-order valence-corrected chi connectivity index (χ3v) is 4.21. The third-order valence-electron chi connectivity index (χ3n) is 4.21. The quantitative estimate of drug-likeness (QED) is 0.455. The number of aromatic nitrogens is 2. The van der Waals surface area contributed by atoms with Gasteiger partial charge in [0.2, 0.25) is 0 Å². The number of ether oxygens (including phenoxy) is 2. The van der Waals surface area contributed by atoms with Crippen molar-refractivity contribution >= 4 is 23.1 Å². The van der Waals surface area contributed by atoms with Crippen molar-refractivity contribution < 1.29 is 29.3 Å². The second-order valence-corrected chi connectivity index (χ2v) is 7.96. The molecule has 4 N–H and O–H groups in total. The van der Waals surface area contributed by atoms with Crippen molar-refractivity contribution in [2.75, 3.05) is 6.61 Å². The third kappa shape index (κ3) is 6.19. The smallest absolute Gasteiger partial charge is 0.408 e. The van der Waals surface area contributed by atoms with Gasteiger partial charge in [-0.25, -0.2) is 14.6 Å². The van der Waals surface area contributed by atoms with Gasteiger partial charge in [-0.3, -0.25) is 0 Å². The number of rotatable bonds is 7. The number of aromatic amines is 1. The van der Waals surface area contributed by atoms with Gasteiger partial charge in [0.15, 0.2) is 6.10 Å². The van der Waals surface area contributed by atoms with Crippen LogP contribution >= 0.6 is 0 Å². The molecule has 0 aliphatic heterocycles. The van der Waals surface area contributed by atoms with E-state index in [1.165, 1.54) is 0 Å². The Kier molecular flexibility index (Phi) is 6.45. The Morgan fingerprint density at radius 1 is 1.13 bits per heavy atom. The highest BCUT2D eigenvalue weighted by atomic mass is 16.6. The lowest BCUT2D eigenvalue weighted by Gasteiger charge is -2.19. The van der Waals surface area contributed by atoms with Crippen LogP contribution in [0.25, 0.3) is 22.2 Å². The predicted octanol–water partition coefficient (Wildman–Crippen LogP) is 3.08. The van der Waals surface area contributed by atoms with Gasteiger partial charge in [-0.15, -0.1) is 0 Å². The maximum atomic E-state index is 11.8. The molecule has 164 valence electrons. The summed E-state index contributed by atoms with van der Waals surface area (Å²) in [5, 5.41) is 20.6. The fourth-order valence-corrected chi connectivity index (χ4v) is 2.79. The van der Waals surface area contributed by atoms with Crippen molar-refractivity contribution in [1.29, 1.82) is 0 Å². The maximum absolute atomic E-state index is 11.8. The number of hydrogen-bond donors (Lipinski definition) is 4. The molecule has 1 amide bonds. The normalized spacial score (nSPS) is 12.4. The first kappa shape index (κ1) is 22.1. The number of amides is 1. The topological polar surface area (TPSA) is 134 Å². The van der Waals surface area contributed by atoms with Crippen molar-refractivity contribution in [2.45, 2.75) is 39.0 Å². The van der Waals surface area contributed by atoms with Gasteiger partial charge in [-0.05, 0) is 56.2 Å². The molecule has 0 aliphatic rings. The van der Waals surface area contributed by atoms with Crippen LogP contribution in [-0.4, -0.2) is 50.6 Å². The van der Waals surface area contributed by atoms with Crippen molar-refractivity contribution in [1.82, 2.24) is 15.3 Å².